The standard InChI is InChI=1S/C7H10N2O2S/c1-3(2)5-4(7(10)11)6(8)12-9-5/h3H,8H2,1-2H3,(H,10,11). The van der Waals surface area contributed by atoms with Crippen LogP contribution in [0.3, 0.4) is 0 Å². The van der Waals surface area contributed by atoms with Crippen molar-refractivity contribution in [1.29, 1.82) is 0 Å². The molecule has 0 unspecified atom stereocenters. The summed E-state index contributed by atoms with van der Waals surface area (Å²) < 4.78 is 3.97. The number of rotatable bonds is 2. The maximum Gasteiger partial charge on any atom is 0.340 e. The van der Waals surface area contributed by atoms with E-state index in [1.165, 1.54) is 0 Å². The van der Waals surface area contributed by atoms with Crippen molar-refractivity contribution in [1.82, 2.24) is 4.37 Å². The van der Waals surface area contributed by atoms with Gasteiger partial charge in [0.15, 0.2) is 0 Å². The Morgan fingerprint density at radius 3 is 2.58 bits per heavy atom. The highest BCUT2D eigenvalue weighted by Crippen LogP contribution is 2.26. The minimum absolute atomic E-state index is 0.102. The molecule has 0 amide bonds. The first-order valence-corrected chi connectivity index (χ1v) is 4.29. The normalized spacial score (nSPS) is 10.6. The van der Waals surface area contributed by atoms with Gasteiger partial charge in [0.1, 0.15) is 10.6 Å². The van der Waals surface area contributed by atoms with Gasteiger partial charge in [-0.15, -0.1) is 0 Å². The Bertz CT molecular complexity index is 306. The summed E-state index contributed by atoms with van der Waals surface area (Å²) in [5.74, 6) is -0.894. The van der Waals surface area contributed by atoms with Crippen molar-refractivity contribution < 1.29 is 9.90 Å². The molecule has 5 heteroatoms. The van der Waals surface area contributed by atoms with Gasteiger partial charge >= 0.3 is 5.97 Å². The molecular weight excluding hydrogens is 176 g/mol. The number of nitrogens with two attached hydrogens (primary N) is 1. The quantitative estimate of drug-likeness (QED) is 0.734. The van der Waals surface area contributed by atoms with Crippen molar-refractivity contribution in [2.45, 2.75) is 19.8 Å². The number of nitrogens with zero attached hydrogens (tertiary/aromatic N) is 1. The van der Waals surface area contributed by atoms with Crippen LogP contribution in [-0.4, -0.2) is 15.4 Å². The lowest BCUT2D eigenvalue weighted by atomic mass is 10.1. The molecule has 0 aliphatic carbocycles. The molecule has 0 fully saturated rings. The summed E-state index contributed by atoms with van der Waals surface area (Å²) in [5.41, 5.74) is 6.19. The number of aromatic carboxylic acids is 1. The fraction of sp³-hybridized carbons (Fsp3) is 0.429. The molecule has 0 saturated carbocycles. The minimum atomic E-state index is -0.995. The molecule has 0 aliphatic heterocycles. The van der Waals surface area contributed by atoms with Crippen molar-refractivity contribution in [2.75, 3.05) is 5.73 Å². The summed E-state index contributed by atoms with van der Waals surface area (Å²) in [4.78, 5) is 10.7. The van der Waals surface area contributed by atoms with Gasteiger partial charge in [0, 0.05) is 0 Å². The fourth-order valence-electron chi connectivity index (χ4n) is 0.925. The van der Waals surface area contributed by atoms with Crippen molar-refractivity contribution in [3.63, 3.8) is 0 Å². The molecule has 3 N–H and O–H groups in total. The van der Waals surface area contributed by atoms with E-state index in [1.54, 1.807) is 0 Å². The van der Waals surface area contributed by atoms with Gasteiger partial charge in [-0.05, 0) is 17.5 Å². The Kier molecular flexibility index (Phi) is 2.32. The minimum Gasteiger partial charge on any atom is -0.478 e. The molecule has 12 heavy (non-hydrogen) atoms. The molecule has 0 spiro atoms. The second-order valence-corrected chi connectivity index (χ2v) is 3.57. The summed E-state index contributed by atoms with van der Waals surface area (Å²) in [5, 5.41) is 9.05. The Morgan fingerprint density at radius 1 is 1.67 bits per heavy atom. The van der Waals surface area contributed by atoms with Crippen molar-refractivity contribution >= 4 is 22.5 Å². The molecule has 66 valence electrons. The predicted molar refractivity (Wildman–Crippen MR) is 47.6 cm³/mol. The first-order valence-electron chi connectivity index (χ1n) is 3.52. The van der Waals surface area contributed by atoms with Gasteiger partial charge in [-0.25, -0.2) is 4.79 Å². The van der Waals surface area contributed by atoms with E-state index in [9.17, 15) is 4.79 Å². The van der Waals surface area contributed by atoms with Crippen LogP contribution in [-0.2, 0) is 0 Å². The number of carbonyl (C=O) groups is 1. The van der Waals surface area contributed by atoms with Crippen LogP contribution < -0.4 is 5.73 Å². The third-order valence-corrected chi connectivity index (χ3v) is 2.19. The highest BCUT2D eigenvalue weighted by Gasteiger charge is 2.19. The SMILES string of the molecule is CC(C)c1nsc(N)c1C(=O)O. The van der Waals surface area contributed by atoms with Crippen LogP contribution in [0.5, 0.6) is 0 Å². The molecule has 0 bridgehead atoms. The zero-order valence-corrected chi connectivity index (χ0v) is 7.68. The first kappa shape index (κ1) is 8.99. The molecule has 0 aliphatic rings. The lowest BCUT2D eigenvalue weighted by Crippen LogP contribution is -2.04. The van der Waals surface area contributed by atoms with Crippen LogP contribution in [0.15, 0.2) is 0 Å². The number of nitrogen functional groups attached to an aromatic ring is 1. The van der Waals surface area contributed by atoms with Crippen LogP contribution in [0.2, 0.25) is 0 Å². The molecule has 1 rings (SSSR count). The lowest BCUT2D eigenvalue weighted by molar-refractivity contribution is 0.0696. The second kappa shape index (κ2) is 3.10. The summed E-state index contributed by atoms with van der Waals surface area (Å²) in [7, 11) is 0. The first-order chi connectivity index (χ1) is 5.54. The number of hydrogen-bond acceptors (Lipinski definition) is 4. The van der Waals surface area contributed by atoms with Crippen molar-refractivity contribution in [2.24, 2.45) is 0 Å². The van der Waals surface area contributed by atoms with Crippen molar-refractivity contribution in [3.05, 3.63) is 11.3 Å². The molecule has 4 nitrogen and oxygen atoms in total. The molecule has 0 radical (unpaired) electrons. The van der Waals surface area contributed by atoms with Gasteiger partial charge in [-0.1, -0.05) is 13.8 Å². The molecule has 0 saturated heterocycles. The van der Waals surface area contributed by atoms with E-state index in [0.717, 1.165) is 11.5 Å². The summed E-state index contributed by atoms with van der Waals surface area (Å²) in [6.07, 6.45) is 0. The average Bonchev–Trinajstić information content (AvgIpc) is 2.30. The van der Waals surface area contributed by atoms with E-state index in [0.29, 0.717) is 5.69 Å². The molecule has 1 aromatic rings. The Morgan fingerprint density at radius 2 is 2.25 bits per heavy atom. The van der Waals surface area contributed by atoms with Crippen LogP contribution in [0.1, 0.15) is 35.8 Å². The Balaban J connectivity index is 3.21. The highest BCUT2D eigenvalue weighted by atomic mass is 32.1. The zero-order valence-electron chi connectivity index (χ0n) is 6.87. The second-order valence-electron chi connectivity index (χ2n) is 2.77. The molecule has 0 atom stereocenters. The Labute approximate surface area is 74.2 Å². The zero-order chi connectivity index (χ0) is 9.30. The summed E-state index contributed by atoms with van der Waals surface area (Å²) in [6, 6.07) is 0. The van der Waals surface area contributed by atoms with Gasteiger partial charge < -0.3 is 10.8 Å². The third kappa shape index (κ3) is 1.40. The maximum absolute atomic E-state index is 10.7. The van der Waals surface area contributed by atoms with E-state index < -0.39 is 5.97 Å². The average molecular weight is 186 g/mol. The molecular formula is C7H10N2O2S. The lowest BCUT2D eigenvalue weighted by Gasteiger charge is -2.00. The predicted octanol–water partition coefficient (Wildman–Crippen LogP) is 1.55. The smallest absolute Gasteiger partial charge is 0.340 e. The van der Waals surface area contributed by atoms with Crippen LogP contribution in [0, 0.1) is 0 Å². The maximum atomic E-state index is 10.7. The topological polar surface area (TPSA) is 76.2 Å². The number of carboxylic acid groups (broad SMARTS) is 1. The van der Waals surface area contributed by atoms with E-state index in [-0.39, 0.29) is 16.5 Å². The van der Waals surface area contributed by atoms with Crippen LogP contribution >= 0.6 is 11.5 Å². The number of hydrogen-bond donors (Lipinski definition) is 2. The summed E-state index contributed by atoms with van der Waals surface area (Å²) in [6.45, 7) is 3.78. The van der Waals surface area contributed by atoms with E-state index >= 15 is 0 Å². The van der Waals surface area contributed by atoms with Gasteiger partial charge in [0.2, 0.25) is 0 Å². The van der Waals surface area contributed by atoms with Crippen LogP contribution in [0.25, 0.3) is 0 Å². The van der Waals surface area contributed by atoms with Gasteiger partial charge in [0.05, 0.1) is 5.69 Å². The number of anilines is 1. The van der Waals surface area contributed by atoms with E-state index in [4.69, 9.17) is 10.8 Å². The third-order valence-electron chi connectivity index (χ3n) is 1.51. The van der Waals surface area contributed by atoms with Crippen molar-refractivity contribution in [3.8, 4) is 0 Å². The fourth-order valence-corrected chi connectivity index (χ4v) is 1.71. The van der Waals surface area contributed by atoms with E-state index in [2.05, 4.69) is 4.37 Å². The number of carboxylic acids is 1. The molecule has 1 heterocycles. The van der Waals surface area contributed by atoms with E-state index in [1.807, 2.05) is 13.8 Å². The highest BCUT2D eigenvalue weighted by molar-refractivity contribution is 7.10. The molecule has 1 aromatic heterocycles. The van der Waals surface area contributed by atoms with Gasteiger partial charge in [-0.3, -0.25) is 0 Å². The van der Waals surface area contributed by atoms with Crippen LogP contribution in [0.4, 0.5) is 5.00 Å². The monoisotopic (exact) mass is 186 g/mol. The number of aromatic nitrogens is 1. The Hall–Kier alpha value is -1.10. The summed E-state index contributed by atoms with van der Waals surface area (Å²) >= 11 is 1.03. The molecule has 0 aromatic carbocycles. The largest absolute Gasteiger partial charge is 0.478 e. The van der Waals surface area contributed by atoms with Gasteiger partial charge in [-0.2, -0.15) is 4.37 Å². The van der Waals surface area contributed by atoms with Gasteiger partial charge in [0.25, 0.3) is 0 Å².